The number of aromatic nitrogens is 2. The van der Waals surface area contributed by atoms with Gasteiger partial charge in [0.25, 0.3) is 0 Å². The summed E-state index contributed by atoms with van der Waals surface area (Å²) in [6.07, 6.45) is 1.48. The number of rotatable bonds is 2. The number of hydrogen-bond acceptors (Lipinski definition) is 4. The van der Waals surface area contributed by atoms with Crippen molar-refractivity contribution in [2.75, 3.05) is 18.0 Å². The van der Waals surface area contributed by atoms with Gasteiger partial charge in [0.1, 0.15) is 17.5 Å². The van der Waals surface area contributed by atoms with Gasteiger partial charge in [0.2, 0.25) is 5.91 Å². The number of amides is 1. The second-order valence-electron chi connectivity index (χ2n) is 4.68. The maximum atomic E-state index is 11.1. The Morgan fingerprint density at radius 3 is 2.61 bits per heavy atom. The van der Waals surface area contributed by atoms with Crippen molar-refractivity contribution in [1.29, 1.82) is 5.26 Å². The van der Waals surface area contributed by atoms with Crippen LogP contribution < -0.4 is 10.6 Å². The van der Waals surface area contributed by atoms with E-state index in [0.29, 0.717) is 5.56 Å². The molecule has 1 aromatic rings. The molecule has 0 radical (unpaired) electrons. The number of carbonyl (C=O) groups excluding carboxylic acids is 1. The van der Waals surface area contributed by atoms with Crippen molar-refractivity contribution in [1.82, 2.24) is 9.78 Å². The van der Waals surface area contributed by atoms with Gasteiger partial charge < -0.3 is 10.6 Å². The summed E-state index contributed by atoms with van der Waals surface area (Å²) < 4.78 is 1.73. The maximum absolute atomic E-state index is 11.1. The molecule has 0 bridgehead atoms. The molecule has 1 fully saturated rings. The van der Waals surface area contributed by atoms with Gasteiger partial charge in [0, 0.05) is 26.1 Å². The van der Waals surface area contributed by atoms with Gasteiger partial charge in [0.05, 0.1) is 5.69 Å². The first-order chi connectivity index (χ1) is 8.54. The zero-order chi connectivity index (χ0) is 13.3. The number of carbonyl (C=O) groups is 1. The normalized spacial score (nSPS) is 16.6. The fourth-order valence-corrected chi connectivity index (χ4v) is 2.52. The van der Waals surface area contributed by atoms with Crippen molar-refractivity contribution in [3.63, 3.8) is 0 Å². The number of hydrogen-bond donors (Lipinski definition) is 1. The van der Waals surface area contributed by atoms with E-state index in [2.05, 4.69) is 16.1 Å². The molecule has 2 rings (SSSR count). The van der Waals surface area contributed by atoms with Gasteiger partial charge in [-0.15, -0.1) is 0 Å². The van der Waals surface area contributed by atoms with Gasteiger partial charge in [-0.2, -0.15) is 10.4 Å². The summed E-state index contributed by atoms with van der Waals surface area (Å²) in [4.78, 5) is 13.2. The Kier molecular flexibility index (Phi) is 3.24. The highest BCUT2D eigenvalue weighted by Gasteiger charge is 2.27. The van der Waals surface area contributed by atoms with Crippen molar-refractivity contribution in [2.24, 2.45) is 18.7 Å². The maximum Gasteiger partial charge on any atom is 0.220 e. The van der Waals surface area contributed by atoms with Crippen LogP contribution >= 0.6 is 0 Å². The Balaban J connectivity index is 2.20. The number of nitriles is 1. The third-order valence-corrected chi connectivity index (χ3v) is 3.50. The van der Waals surface area contributed by atoms with Gasteiger partial charge in [-0.25, -0.2) is 0 Å². The predicted octanol–water partition coefficient (Wildman–Crippen LogP) is 0.302. The molecule has 18 heavy (non-hydrogen) atoms. The zero-order valence-corrected chi connectivity index (χ0v) is 10.7. The zero-order valence-electron chi connectivity index (χ0n) is 10.7. The van der Waals surface area contributed by atoms with Crippen LogP contribution in [0.1, 0.15) is 24.1 Å². The van der Waals surface area contributed by atoms with Crippen LogP contribution in [0, 0.1) is 24.2 Å². The molecule has 0 unspecified atom stereocenters. The van der Waals surface area contributed by atoms with E-state index in [-0.39, 0.29) is 11.8 Å². The molecular weight excluding hydrogens is 230 g/mol. The number of anilines is 1. The van der Waals surface area contributed by atoms with Crippen LogP contribution in [-0.4, -0.2) is 28.8 Å². The van der Waals surface area contributed by atoms with E-state index in [0.717, 1.165) is 37.4 Å². The largest absolute Gasteiger partial charge is 0.369 e. The fraction of sp³-hybridized carbons (Fsp3) is 0.583. The molecule has 1 aliphatic rings. The summed E-state index contributed by atoms with van der Waals surface area (Å²) in [6, 6.07) is 2.20. The predicted molar refractivity (Wildman–Crippen MR) is 66.8 cm³/mol. The summed E-state index contributed by atoms with van der Waals surface area (Å²) in [6.45, 7) is 3.31. The second-order valence-corrected chi connectivity index (χ2v) is 4.68. The molecule has 0 aliphatic carbocycles. The highest BCUT2D eigenvalue weighted by Crippen LogP contribution is 2.27. The van der Waals surface area contributed by atoms with E-state index in [9.17, 15) is 10.1 Å². The Hall–Kier alpha value is -2.03. The third kappa shape index (κ3) is 2.04. The summed E-state index contributed by atoms with van der Waals surface area (Å²) in [5, 5.41) is 13.5. The van der Waals surface area contributed by atoms with Crippen LogP contribution in [0.5, 0.6) is 0 Å². The monoisotopic (exact) mass is 247 g/mol. The Morgan fingerprint density at radius 1 is 1.50 bits per heavy atom. The standard InChI is InChI=1S/C12H17N5O/c1-8-10(7-13)12(16(2)15-8)17-5-3-9(4-6-17)11(14)18/h9H,3-6H2,1-2H3,(H2,14,18). The molecule has 1 amide bonds. The van der Waals surface area contributed by atoms with Crippen LogP contribution in [0.4, 0.5) is 5.82 Å². The SMILES string of the molecule is Cc1nn(C)c(N2CCC(C(N)=O)CC2)c1C#N. The lowest BCUT2D eigenvalue weighted by atomic mass is 9.96. The summed E-state index contributed by atoms with van der Waals surface area (Å²) in [7, 11) is 1.84. The number of nitrogens with zero attached hydrogens (tertiary/aromatic N) is 4. The Labute approximate surface area is 106 Å². The average Bonchev–Trinajstić information content (AvgIpc) is 2.63. The van der Waals surface area contributed by atoms with Crippen LogP contribution in [0.3, 0.4) is 0 Å². The molecule has 2 heterocycles. The quantitative estimate of drug-likeness (QED) is 0.814. The first-order valence-electron chi connectivity index (χ1n) is 6.02. The van der Waals surface area contributed by atoms with Crippen molar-refractivity contribution < 1.29 is 4.79 Å². The average molecular weight is 247 g/mol. The lowest BCUT2D eigenvalue weighted by Crippen LogP contribution is -2.39. The van der Waals surface area contributed by atoms with Crippen molar-refractivity contribution in [3.05, 3.63) is 11.3 Å². The van der Waals surface area contributed by atoms with E-state index in [1.807, 2.05) is 14.0 Å². The molecule has 0 aromatic carbocycles. The van der Waals surface area contributed by atoms with E-state index >= 15 is 0 Å². The molecular formula is C12H17N5O. The first-order valence-corrected chi connectivity index (χ1v) is 6.02. The van der Waals surface area contributed by atoms with Crippen LogP contribution in [0.15, 0.2) is 0 Å². The number of primary amides is 1. The third-order valence-electron chi connectivity index (χ3n) is 3.50. The fourth-order valence-electron chi connectivity index (χ4n) is 2.52. The first kappa shape index (κ1) is 12.4. The van der Waals surface area contributed by atoms with Gasteiger partial charge in [0.15, 0.2) is 0 Å². The van der Waals surface area contributed by atoms with Crippen molar-refractivity contribution >= 4 is 11.7 Å². The molecule has 96 valence electrons. The lowest BCUT2D eigenvalue weighted by molar-refractivity contribution is -0.122. The summed E-state index contributed by atoms with van der Waals surface area (Å²) in [5.74, 6) is 0.579. The number of aryl methyl sites for hydroxylation is 2. The van der Waals surface area contributed by atoms with Gasteiger partial charge in [-0.05, 0) is 19.8 Å². The highest BCUT2D eigenvalue weighted by atomic mass is 16.1. The molecule has 2 N–H and O–H groups in total. The molecule has 0 spiro atoms. The molecule has 6 nitrogen and oxygen atoms in total. The smallest absolute Gasteiger partial charge is 0.220 e. The molecule has 6 heteroatoms. The van der Waals surface area contributed by atoms with Gasteiger partial charge in [-0.3, -0.25) is 9.48 Å². The Bertz CT molecular complexity index is 505. The lowest BCUT2D eigenvalue weighted by Gasteiger charge is -2.32. The highest BCUT2D eigenvalue weighted by molar-refractivity contribution is 5.77. The summed E-state index contributed by atoms with van der Waals surface area (Å²) in [5.41, 5.74) is 6.68. The second kappa shape index (κ2) is 4.69. The molecule has 0 atom stereocenters. The minimum absolute atomic E-state index is 0.0406. The number of piperidine rings is 1. The molecule has 1 saturated heterocycles. The van der Waals surface area contributed by atoms with Crippen LogP contribution in [-0.2, 0) is 11.8 Å². The van der Waals surface area contributed by atoms with Crippen molar-refractivity contribution in [3.8, 4) is 6.07 Å². The molecule has 0 saturated carbocycles. The van der Waals surface area contributed by atoms with Gasteiger partial charge >= 0.3 is 0 Å². The van der Waals surface area contributed by atoms with Crippen LogP contribution in [0.2, 0.25) is 0 Å². The van der Waals surface area contributed by atoms with Gasteiger partial charge in [-0.1, -0.05) is 0 Å². The minimum Gasteiger partial charge on any atom is -0.369 e. The topological polar surface area (TPSA) is 87.9 Å². The van der Waals surface area contributed by atoms with E-state index in [1.54, 1.807) is 4.68 Å². The number of nitrogens with two attached hydrogens (primary N) is 1. The molecule has 1 aliphatic heterocycles. The van der Waals surface area contributed by atoms with E-state index < -0.39 is 0 Å². The Morgan fingerprint density at radius 2 is 2.11 bits per heavy atom. The van der Waals surface area contributed by atoms with Crippen LogP contribution in [0.25, 0.3) is 0 Å². The van der Waals surface area contributed by atoms with E-state index in [4.69, 9.17) is 5.73 Å². The summed E-state index contributed by atoms with van der Waals surface area (Å²) >= 11 is 0. The van der Waals surface area contributed by atoms with Crippen molar-refractivity contribution in [2.45, 2.75) is 19.8 Å². The molecule has 1 aromatic heterocycles. The van der Waals surface area contributed by atoms with E-state index in [1.165, 1.54) is 0 Å². The minimum atomic E-state index is -0.226.